The van der Waals surface area contributed by atoms with Gasteiger partial charge in [0.1, 0.15) is 17.0 Å². The first-order chi connectivity index (χ1) is 18.5. The summed E-state index contributed by atoms with van der Waals surface area (Å²) in [6.07, 6.45) is 5.06. The van der Waals surface area contributed by atoms with Crippen LogP contribution in [-0.4, -0.2) is 71.8 Å². The SMILES string of the molecule is CN1CC[C@H](COc2nc(N3C[C@H]4CC[C@@H](C3)N4)c3cnc(-c4cccc5cccc(Cl)c45)c(F)c3n2)C1. The van der Waals surface area contributed by atoms with Crippen LogP contribution in [0.3, 0.4) is 0 Å². The summed E-state index contributed by atoms with van der Waals surface area (Å²) in [5.41, 5.74) is 1.10. The molecule has 3 aliphatic rings. The normalized spacial score (nSPS) is 23.6. The van der Waals surface area contributed by atoms with Crippen molar-refractivity contribution in [3.05, 3.63) is 53.4 Å². The Morgan fingerprint density at radius 3 is 2.61 bits per heavy atom. The maximum absolute atomic E-state index is 16.4. The van der Waals surface area contributed by atoms with Gasteiger partial charge in [0.2, 0.25) is 0 Å². The van der Waals surface area contributed by atoms with E-state index < -0.39 is 5.82 Å². The number of anilines is 1. The van der Waals surface area contributed by atoms with Gasteiger partial charge in [-0.1, -0.05) is 41.9 Å². The van der Waals surface area contributed by atoms with E-state index in [9.17, 15) is 0 Å². The van der Waals surface area contributed by atoms with Gasteiger partial charge in [0.15, 0.2) is 5.82 Å². The fourth-order valence-electron chi connectivity index (χ4n) is 6.33. The molecule has 3 aliphatic heterocycles. The summed E-state index contributed by atoms with van der Waals surface area (Å²) >= 11 is 6.57. The second-order valence-electron chi connectivity index (χ2n) is 10.9. The predicted molar refractivity (Wildman–Crippen MR) is 149 cm³/mol. The Bertz CT molecular complexity index is 1520. The summed E-state index contributed by atoms with van der Waals surface area (Å²) < 4.78 is 22.5. The summed E-state index contributed by atoms with van der Waals surface area (Å²) in [6, 6.07) is 12.4. The molecule has 3 fully saturated rings. The highest BCUT2D eigenvalue weighted by Gasteiger charge is 2.34. The van der Waals surface area contributed by atoms with Crippen LogP contribution in [0.1, 0.15) is 19.3 Å². The number of piperazine rings is 1. The standard InChI is InChI=1S/C29H30ClFN6O/c1-36-11-10-17(13-36)16-38-29-34-27-22(28(35-29)37-14-19-8-9-20(15-37)33-19)12-32-26(25(27)31)21-6-2-4-18-5-3-7-23(30)24(18)21/h2-7,12,17,19-20,33H,8-11,13-16H2,1H3/t17-,19-,20+/m0/s1. The zero-order valence-corrected chi connectivity index (χ0v) is 22.1. The van der Waals surface area contributed by atoms with Crippen LogP contribution >= 0.6 is 11.6 Å². The van der Waals surface area contributed by atoms with E-state index in [1.807, 2.05) is 36.4 Å². The number of rotatable bonds is 5. The highest BCUT2D eigenvalue weighted by atomic mass is 35.5. The monoisotopic (exact) mass is 532 g/mol. The third-order valence-electron chi connectivity index (χ3n) is 8.21. The molecule has 0 radical (unpaired) electrons. The lowest BCUT2D eigenvalue weighted by atomic mass is 10.0. The fraction of sp³-hybridized carbons (Fsp3) is 0.414. The van der Waals surface area contributed by atoms with Crippen molar-refractivity contribution in [2.45, 2.75) is 31.3 Å². The number of hydrogen-bond acceptors (Lipinski definition) is 7. The topological polar surface area (TPSA) is 66.4 Å². The molecule has 1 N–H and O–H groups in total. The summed E-state index contributed by atoms with van der Waals surface area (Å²) in [5, 5.41) is 6.53. The number of halogens is 2. The van der Waals surface area contributed by atoms with Gasteiger partial charge >= 0.3 is 6.01 Å². The van der Waals surface area contributed by atoms with Crippen molar-refractivity contribution in [1.29, 1.82) is 0 Å². The van der Waals surface area contributed by atoms with E-state index in [0.29, 0.717) is 46.4 Å². The van der Waals surface area contributed by atoms with Crippen molar-refractivity contribution in [3.63, 3.8) is 0 Å². The van der Waals surface area contributed by atoms with E-state index in [4.69, 9.17) is 21.3 Å². The highest BCUT2D eigenvalue weighted by molar-refractivity contribution is 6.36. The van der Waals surface area contributed by atoms with Crippen LogP contribution in [0.5, 0.6) is 6.01 Å². The molecule has 2 bridgehead atoms. The number of benzene rings is 2. The van der Waals surface area contributed by atoms with Crippen molar-refractivity contribution in [2.24, 2.45) is 5.92 Å². The smallest absolute Gasteiger partial charge is 0.319 e. The maximum atomic E-state index is 16.4. The van der Waals surface area contributed by atoms with Crippen LogP contribution in [0.4, 0.5) is 10.2 Å². The minimum atomic E-state index is -0.484. The molecule has 0 aliphatic carbocycles. The van der Waals surface area contributed by atoms with E-state index in [0.717, 1.165) is 56.2 Å². The zero-order chi connectivity index (χ0) is 25.8. The zero-order valence-electron chi connectivity index (χ0n) is 21.3. The van der Waals surface area contributed by atoms with Gasteiger partial charge in [0, 0.05) is 59.8 Å². The van der Waals surface area contributed by atoms with Crippen LogP contribution in [0, 0.1) is 11.7 Å². The summed E-state index contributed by atoms with van der Waals surface area (Å²) in [5.74, 6) is 0.622. The van der Waals surface area contributed by atoms with Gasteiger partial charge in [-0.3, -0.25) is 4.98 Å². The van der Waals surface area contributed by atoms with E-state index in [1.165, 1.54) is 0 Å². The Balaban J connectivity index is 1.35. The van der Waals surface area contributed by atoms with Crippen LogP contribution in [-0.2, 0) is 0 Å². The number of ether oxygens (including phenoxy) is 1. The van der Waals surface area contributed by atoms with Gasteiger partial charge in [0.25, 0.3) is 0 Å². The van der Waals surface area contributed by atoms with Gasteiger partial charge in [-0.15, -0.1) is 0 Å². The second kappa shape index (κ2) is 9.59. The van der Waals surface area contributed by atoms with Crippen molar-refractivity contribution in [1.82, 2.24) is 25.2 Å². The molecule has 0 saturated carbocycles. The van der Waals surface area contributed by atoms with Gasteiger partial charge in [0.05, 0.1) is 12.0 Å². The predicted octanol–water partition coefficient (Wildman–Crippen LogP) is 4.91. The van der Waals surface area contributed by atoms with Gasteiger partial charge in [-0.05, 0) is 44.3 Å². The Kier molecular flexibility index (Phi) is 6.06. The van der Waals surface area contributed by atoms with E-state index in [-0.39, 0.29) is 17.2 Å². The Labute approximate surface area is 226 Å². The molecule has 38 heavy (non-hydrogen) atoms. The molecule has 2 aromatic carbocycles. The molecule has 3 atom stereocenters. The third kappa shape index (κ3) is 4.25. The molecule has 0 unspecified atom stereocenters. The lowest BCUT2D eigenvalue weighted by Crippen LogP contribution is -2.51. The Morgan fingerprint density at radius 1 is 1.05 bits per heavy atom. The van der Waals surface area contributed by atoms with Crippen LogP contribution in [0.2, 0.25) is 5.02 Å². The quantitative estimate of drug-likeness (QED) is 0.392. The number of likely N-dealkylation sites (tertiary alicyclic amines) is 1. The molecule has 0 spiro atoms. The Morgan fingerprint density at radius 2 is 1.84 bits per heavy atom. The van der Waals surface area contributed by atoms with E-state index >= 15 is 4.39 Å². The van der Waals surface area contributed by atoms with Crippen molar-refractivity contribution >= 4 is 39.1 Å². The van der Waals surface area contributed by atoms with Gasteiger partial charge < -0.3 is 19.9 Å². The van der Waals surface area contributed by atoms with Crippen molar-refractivity contribution in [3.8, 4) is 17.3 Å². The summed E-state index contributed by atoms with van der Waals surface area (Å²) in [7, 11) is 2.12. The van der Waals surface area contributed by atoms with Crippen LogP contribution < -0.4 is 15.0 Å². The summed E-state index contributed by atoms with van der Waals surface area (Å²) in [4.78, 5) is 18.6. The first-order valence-electron chi connectivity index (χ1n) is 13.4. The number of fused-ring (bicyclic) bond motifs is 4. The van der Waals surface area contributed by atoms with Gasteiger partial charge in [-0.25, -0.2) is 4.39 Å². The molecule has 7 nitrogen and oxygen atoms in total. The lowest BCUT2D eigenvalue weighted by molar-refractivity contribution is 0.233. The minimum absolute atomic E-state index is 0.222. The second-order valence-corrected chi connectivity index (χ2v) is 11.3. The highest BCUT2D eigenvalue weighted by Crippen LogP contribution is 2.38. The fourth-order valence-corrected chi connectivity index (χ4v) is 6.62. The number of nitrogens with one attached hydrogen (secondary N) is 1. The first-order valence-corrected chi connectivity index (χ1v) is 13.8. The molecule has 5 heterocycles. The number of nitrogens with zero attached hydrogens (tertiary/aromatic N) is 5. The van der Waals surface area contributed by atoms with E-state index in [1.54, 1.807) is 6.20 Å². The molecule has 4 aromatic rings. The molecule has 2 aromatic heterocycles. The summed E-state index contributed by atoms with van der Waals surface area (Å²) in [6.45, 7) is 4.18. The number of hydrogen-bond donors (Lipinski definition) is 1. The van der Waals surface area contributed by atoms with Gasteiger partial charge in [-0.2, -0.15) is 9.97 Å². The number of aromatic nitrogens is 3. The van der Waals surface area contributed by atoms with E-state index in [2.05, 4.69) is 32.1 Å². The Hall–Kier alpha value is -3.07. The molecule has 9 heteroatoms. The van der Waals surface area contributed by atoms with Crippen LogP contribution in [0.25, 0.3) is 32.9 Å². The average molecular weight is 533 g/mol. The molecule has 3 saturated heterocycles. The minimum Gasteiger partial charge on any atom is -0.463 e. The largest absolute Gasteiger partial charge is 0.463 e. The third-order valence-corrected chi connectivity index (χ3v) is 8.52. The van der Waals surface area contributed by atoms with Crippen LogP contribution in [0.15, 0.2) is 42.6 Å². The molecule has 7 rings (SSSR count). The maximum Gasteiger partial charge on any atom is 0.319 e. The molecule has 0 amide bonds. The van der Waals surface area contributed by atoms with Crippen molar-refractivity contribution in [2.75, 3.05) is 44.7 Å². The number of pyridine rings is 1. The molecular weight excluding hydrogens is 503 g/mol. The molecule has 196 valence electrons. The first kappa shape index (κ1) is 24.0. The molecular formula is C29H30ClFN6O. The average Bonchev–Trinajstić information content (AvgIpc) is 3.50. The lowest BCUT2D eigenvalue weighted by Gasteiger charge is -2.34. The van der Waals surface area contributed by atoms with Crippen molar-refractivity contribution < 1.29 is 9.13 Å².